The molecule has 0 spiro atoms. The summed E-state index contributed by atoms with van der Waals surface area (Å²) in [7, 11) is 0. The van der Waals surface area contributed by atoms with Crippen LogP contribution in [-0.2, 0) is 22.5 Å². The SMILES string of the molecule is CCn1c(-c2nonc2N)nc2c(-c3ccccc3O)ncc(C(=O)NC(COC(=O)C(F)(F)F)Cc3ccc(Cl)cc3)c21. The van der Waals surface area contributed by atoms with Crippen LogP contribution in [0.25, 0.3) is 33.8 Å². The number of benzene rings is 2. The molecule has 44 heavy (non-hydrogen) atoms. The van der Waals surface area contributed by atoms with Gasteiger partial charge < -0.3 is 25.5 Å². The Bertz CT molecular complexity index is 1840. The van der Waals surface area contributed by atoms with Crippen LogP contribution in [0.4, 0.5) is 19.0 Å². The van der Waals surface area contributed by atoms with Gasteiger partial charge in [-0.05, 0) is 53.5 Å². The molecule has 4 N–H and O–H groups in total. The van der Waals surface area contributed by atoms with Gasteiger partial charge in [0.15, 0.2) is 17.3 Å². The number of anilines is 1. The van der Waals surface area contributed by atoms with Gasteiger partial charge in [-0.3, -0.25) is 9.78 Å². The van der Waals surface area contributed by atoms with Crippen molar-refractivity contribution in [3.05, 3.63) is 70.9 Å². The zero-order chi connectivity index (χ0) is 31.6. The summed E-state index contributed by atoms with van der Waals surface area (Å²) in [6.45, 7) is 1.24. The highest BCUT2D eigenvalue weighted by Gasteiger charge is 2.41. The highest BCUT2D eigenvalue weighted by Crippen LogP contribution is 2.36. The highest BCUT2D eigenvalue weighted by molar-refractivity contribution is 6.30. The Kier molecular flexibility index (Phi) is 8.40. The van der Waals surface area contributed by atoms with E-state index in [-0.39, 0.29) is 58.3 Å². The van der Waals surface area contributed by atoms with Gasteiger partial charge in [0.05, 0.1) is 17.1 Å². The number of phenols is 1. The van der Waals surface area contributed by atoms with E-state index in [1.54, 1.807) is 54.0 Å². The maximum atomic E-state index is 13.8. The van der Waals surface area contributed by atoms with Crippen LogP contribution in [-0.4, -0.2) is 60.7 Å². The Morgan fingerprint density at radius 3 is 2.50 bits per heavy atom. The van der Waals surface area contributed by atoms with Crippen LogP contribution in [0, 0.1) is 0 Å². The molecule has 0 aliphatic carbocycles. The summed E-state index contributed by atoms with van der Waals surface area (Å²) in [4.78, 5) is 34.4. The van der Waals surface area contributed by atoms with Crippen molar-refractivity contribution in [3.8, 4) is 28.5 Å². The predicted octanol–water partition coefficient (Wildman–Crippen LogP) is 4.56. The van der Waals surface area contributed by atoms with Gasteiger partial charge >= 0.3 is 12.1 Å². The molecule has 0 aliphatic rings. The Labute approximate surface area is 251 Å². The van der Waals surface area contributed by atoms with Crippen LogP contribution in [0.5, 0.6) is 5.75 Å². The molecule has 16 heteroatoms. The summed E-state index contributed by atoms with van der Waals surface area (Å²) in [6, 6.07) is 11.7. The lowest BCUT2D eigenvalue weighted by Crippen LogP contribution is -2.41. The van der Waals surface area contributed by atoms with Crippen LogP contribution < -0.4 is 11.1 Å². The second-order valence-corrected chi connectivity index (χ2v) is 9.95. The van der Waals surface area contributed by atoms with E-state index in [9.17, 15) is 27.9 Å². The average Bonchev–Trinajstić information content (AvgIpc) is 3.59. The van der Waals surface area contributed by atoms with E-state index in [2.05, 4.69) is 30.3 Å². The number of aryl methyl sites for hydroxylation is 1. The minimum Gasteiger partial charge on any atom is -0.507 e. The fraction of sp³-hybridized carbons (Fsp3) is 0.214. The smallest absolute Gasteiger partial charge is 0.490 e. The fourth-order valence-electron chi connectivity index (χ4n) is 4.60. The summed E-state index contributed by atoms with van der Waals surface area (Å²) in [6.07, 6.45) is -3.96. The first-order valence-corrected chi connectivity index (χ1v) is 13.4. The lowest BCUT2D eigenvalue weighted by atomic mass is 10.0. The quantitative estimate of drug-likeness (QED) is 0.196. The molecule has 0 radical (unpaired) electrons. The first kappa shape index (κ1) is 30.3. The van der Waals surface area contributed by atoms with Crippen LogP contribution in [0.1, 0.15) is 22.8 Å². The van der Waals surface area contributed by atoms with Crippen LogP contribution >= 0.6 is 11.6 Å². The molecule has 5 aromatic rings. The maximum absolute atomic E-state index is 13.8. The number of alkyl halides is 3. The minimum absolute atomic E-state index is 0.0000207. The van der Waals surface area contributed by atoms with Crippen molar-refractivity contribution in [1.82, 2.24) is 30.2 Å². The molecule has 0 aliphatic heterocycles. The molecule has 3 heterocycles. The number of halogens is 4. The largest absolute Gasteiger partial charge is 0.507 e. The molecule has 2 aromatic carbocycles. The van der Waals surface area contributed by atoms with Crippen molar-refractivity contribution in [2.75, 3.05) is 12.3 Å². The van der Waals surface area contributed by atoms with Gasteiger partial charge in [0.25, 0.3) is 5.91 Å². The first-order chi connectivity index (χ1) is 21.0. The van der Waals surface area contributed by atoms with E-state index < -0.39 is 30.7 Å². The summed E-state index contributed by atoms with van der Waals surface area (Å²) < 4.78 is 49.5. The van der Waals surface area contributed by atoms with Gasteiger partial charge in [-0.25, -0.2) is 14.4 Å². The Morgan fingerprint density at radius 2 is 1.86 bits per heavy atom. The molecule has 12 nitrogen and oxygen atoms in total. The Hall–Kier alpha value is -5.18. The average molecular weight is 630 g/mol. The number of hydrogen-bond acceptors (Lipinski definition) is 10. The van der Waals surface area contributed by atoms with Gasteiger partial charge in [0.1, 0.15) is 23.6 Å². The van der Waals surface area contributed by atoms with Crippen molar-refractivity contribution >= 4 is 40.3 Å². The summed E-state index contributed by atoms with van der Waals surface area (Å²) >= 11 is 5.95. The van der Waals surface area contributed by atoms with Gasteiger partial charge in [-0.15, -0.1) is 0 Å². The molecular weight excluding hydrogens is 607 g/mol. The molecule has 0 bridgehead atoms. The number of nitrogens with zero attached hydrogens (tertiary/aromatic N) is 5. The molecule has 3 aromatic heterocycles. The molecular formula is C28H23ClF3N7O5. The second kappa shape index (κ2) is 12.2. The monoisotopic (exact) mass is 629 g/mol. The Morgan fingerprint density at radius 1 is 1.14 bits per heavy atom. The van der Waals surface area contributed by atoms with Crippen molar-refractivity contribution in [1.29, 1.82) is 0 Å². The van der Waals surface area contributed by atoms with E-state index >= 15 is 0 Å². The van der Waals surface area contributed by atoms with Crippen molar-refractivity contribution in [2.45, 2.75) is 32.1 Å². The lowest BCUT2D eigenvalue weighted by Gasteiger charge is -2.20. The first-order valence-electron chi connectivity index (χ1n) is 13.0. The Balaban J connectivity index is 1.59. The summed E-state index contributed by atoms with van der Waals surface area (Å²) in [5.41, 5.74) is 7.63. The second-order valence-electron chi connectivity index (χ2n) is 9.51. The number of imidazole rings is 1. The predicted molar refractivity (Wildman–Crippen MR) is 151 cm³/mol. The third-order valence-corrected chi connectivity index (χ3v) is 6.85. The number of ether oxygens (including phenoxy) is 1. The number of aromatic hydroxyl groups is 1. The number of aromatic nitrogens is 5. The van der Waals surface area contributed by atoms with Crippen LogP contribution in [0.2, 0.25) is 5.02 Å². The minimum atomic E-state index is -5.22. The van der Waals surface area contributed by atoms with Crippen molar-refractivity contribution in [2.24, 2.45) is 0 Å². The number of pyridine rings is 1. The molecule has 0 saturated carbocycles. The van der Waals surface area contributed by atoms with Crippen molar-refractivity contribution < 1.29 is 37.2 Å². The number of nitrogen functional groups attached to an aromatic ring is 1. The number of hydrogen-bond donors (Lipinski definition) is 3. The number of amides is 1. The van der Waals surface area contributed by atoms with E-state index in [1.165, 1.54) is 12.3 Å². The maximum Gasteiger partial charge on any atom is 0.490 e. The molecule has 1 atom stereocenters. The molecule has 0 fully saturated rings. The van der Waals surface area contributed by atoms with Gasteiger partial charge in [0.2, 0.25) is 0 Å². The highest BCUT2D eigenvalue weighted by atomic mass is 35.5. The molecule has 228 valence electrons. The van der Waals surface area contributed by atoms with E-state index in [4.69, 9.17) is 22.0 Å². The van der Waals surface area contributed by atoms with Crippen molar-refractivity contribution in [3.63, 3.8) is 0 Å². The normalized spacial score (nSPS) is 12.3. The number of carbonyl (C=O) groups excluding carboxylic acids is 2. The zero-order valence-corrected chi connectivity index (χ0v) is 23.6. The number of rotatable bonds is 9. The van der Waals surface area contributed by atoms with E-state index in [0.29, 0.717) is 16.1 Å². The number of nitrogens with one attached hydrogen (secondary N) is 1. The molecule has 0 saturated heterocycles. The standard InChI is InChI=1S/C28H23ClF3N7O5/c1-2-39-23-18(26(41)35-16(13-43-27(42)28(30,31)32)11-14-7-9-15(29)10-8-14)12-34-20(17-5-3-4-6-19(17)40)21(23)36-25(39)22-24(33)38-44-37-22/h3-10,12,16,40H,2,11,13H2,1H3,(H2,33,38)(H,35,41). The molecule has 1 unspecified atom stereocenters. The number of carbonyl (C=O) groups is 2. The number of fused-ring (bicyclic) bond motifs is 1. The number of esters is 1. The summed E-state index contributed by atoms with van der Waals surface area (Å²) in [5, 5.41) is 21.1. The van der Waals surface area contributed by atoms with Gasteiger partial charge in [-0.1, -0.05) is 35.9 Å². The number of nitrogens with two attached hydrogens (primary N) is 1. The number of para-hydroxylation sites is 1. The zero-order valence-electron chi connectivity index (χ0n) is 22.8. The van der Waals surface area contributed by atoms with E-state index in [0.717, 1.165) is 0 Å². The van der Waals surface area contributed by atoms with Crippen LogP contribution in [0.15, 0.2) is 59.4 Å². The summed E-state index contributed by atoms with van der Waals surface area (Å²) in [5.74, 6) is -3.11. The molecule has 1 amide bonds. The topological polar surface area (TPSA) is 171 Å². The third-order valence-electron chi connectivity index (χ3n) is 6.59. The third kappa shape index (κ3) is 6.13. The number of phenolic OH excluding ortho intramolecular Hbond substituents is 1. The van der Waals surface area contributed by atoms with Gasteiger partial charge in [-0.2, -0.15) is 13.2 Å². The van der Waals surface area contributed by atoms with Gasteiger partial charge in [0, 0.05) is 23.3 Å². The van der Waals surface area contributed by atoms with E-state index in [1.807, 2.05) is 0 Å². The molecule has 5 rings (SSSR count). The fourth-order valence-corrected chi connectivity index (χ4v) is 4.72. The lowest BCUT2D eigenvalue weighted by molar-refractivity contribution is -0.200. The van der Waals surface area contributed by atoms with Crippen LogP contribution in [0.3, 0.4) is 0 Å².